The van der Waals surface area contributed by atoms with Crippen molar-refractivity contribution in [1.29, 1.82) is 0 Å². The first-order valence-corrected chi connectivity index (χ1v) is 10.9. The number of nitrogens with one attached hydrogen (secondary N) is 1. The minimum Gasteiger partial charge on any atom is -0.325 e. The standard InChI is InChI=1S/C19H20N4O3S2/c1-13-5-3-4-6-16(13)23-10-9-21-19(23)27-12-18(24)22-15-8-7-14(2)17(11-15)28(20,25)26/h3-11H,12H2,1-2H3,(H,22,24)(H2,20,25,26). The second kappa shape index (κ2) is 8.17. The van der Waals surface area contributed by atoms with E-state index in [4.69, 9.17) is 5.14 Å². The van der Waals surface area contributed by atoms with Crippen molar-refractivity contribution in [3.8, 4) is 5.69 Å². The van der Waals surface area contributed by atoms with Gasteiger partial charge in [-0.1, -0.05) is 36.0 Å². The zero-order valence-electron chi connectivity index (χ0n) is 15.4. The molecule has 3 N–H and O–H groups in total. The number of hydrogen-bond donors (Lipinski definition) is 2. The maximum absolute atomic E-state index is 12.3. The van der Waals surface area contributed by atoms with Gasteiger partial charge in [-0.25, -0.2) is 18.5 Å². The van der Waals surface area contributed by atoms with Crippen LogP contribution in [0, 0.1) is 13.8 Å². The second-order valence-corrected chi connectivity index (χ2v) is 8.70. The summed E-state index contributed by atoms with van der Waals surface area (Å²) >= 11 is 1.29. The molecule has 0 radical (unpaired) electrons. The lowest BCUT2D eigenvalue weighted by Gasteiger charge is -2.11. The van der Waals surface area contributed by atoms with Crippen LogP contribution in [0.1, 0.15) is 11.1 Å². The summed E-state index contributed by atoms with van der Waals surface area (Å²) in [7, 11) is -3.85. The number of rotatable bonds is 6. The largest absolute Gasteiger partial charge is 0.325 e. The lowest BCUT2D eigenvalue weighted by molar-refractivity contribution is -0.113. The summed E-state index contributed by atoms with van der Waals surface area (Å²) in [5.74, 6) is -0.143. The Morgan fingerprint density at radius 2 is 1.93 bits per heavy atom. The molecule has 1 aromatic heterocycles. The molecule has 1 amide bonds. The minimum atomic E-state index is -3.85. The predicted octanol–water partition coefficient (Wildman–Crippen LogP) is 2.87. The molecule has 0 atom stereocenters. The average molecular weight is 417 g/mol. The third-order valence-corrected chi connectivity index (χ3v) is 6.11. The maximum atomic E-state index is 12.3. The zero-order chi connectivity index (χ0) is 20.3. The molecule has 0 aliphatic carbocycles. The Bertz CT molecular complexity index is 1120. The van der Waals surface area contributed by atoms with Gasteiger partial charge in [0.2, 0.25) is 15.9 Å². The number of nitrogens with two attached hydrogens (primary N) is 1. The zero-order valence-corrected chi connectivity index (χ0v) is 17.0. The fourth-order valence-electron chi connectivity index (χ4n) is 2.73. The number of thioether (sulfide) groups is 1. The number of imidazole rings is 1. The molecule has 2 aromatic carbocycles. The van der Waals surface area contributed by atoms with Gasteiger partial charge >= 0.3 is 0 Å². The molecule has 0 unspecified atom stereocenters. The molecule has 0 bridgehead atoms. The fourth-order valence-corrected chi connectivity index (χ4v) is 4.30. The summed E-state index contributed by atoms with van der Waals surface area (Å²) in [4.78, 5) is 16.6. The third-order valence-electron chi connectivity index (χ3n) is 4.09. The van der Waals surface area contributed by atoms with Crippen LogP contribution < -0.4 is 10.5 Å². The number of sulfonamides is 1. The van der Waals surface area contributed by atoms with Gasteiger partial charge in [-0.15, -0.1) is 0 Å². The van der Waals surface area contributed by atoms with E-state index in [9.17, 15) is 13.2 Å². The monoisotopic (exact) mass is 416 g/mol. The van der Waals surface area contributed by atoms with Crippen molar-refractivity contribution in [1.82, 2.24) is 9.55 Å². The lowest BCUT2D eigenvalue weighted by Crippen LogP contribution is -2.17. The molecule has 0 spiro atoms. The van der Waals surface area contributed by atoms with Crippen molar-refractivity contribution < 1.29 is 13.2 Å². The number of amides is 1. The van der Waals surface area contributed by atoms with Crippen LogP contribution in [0.3, 0.4) is 0 Å². The van der Waals surface area contributed by atoms with E-state index in [0.29, 0.717) is 16.4 Å². The number of hydrogen-bond acceptors (Lipinski definition) is 5. The molecule has 1 heterocycles. The van der Waals surface area contributed by atoms with Gasteiger partial charge in [0.1, 0.15) is 0 Å². The normalized spacial score (nSPS) is 11.4. The average Bonchev–Trinajstić information content (AvgIpc) is 3.09. The number of benzene rings is 2. The molecule has 0 saturated heterocycles. The summed E-state index contributed by atoms with van der Waals surface area (Å²) in [5, 5.41) is 8.60. The molecular weight excluding hydrogens is 396 g/mol. The summed E-state index contributed by atoms with van der Waals surface area (Å²) < 4.78 is 25.2. The molecule has 146 valence electrons. The Labute approximate surface area is 168 Å². The van der Waals surface area contributed by atoms with Crippen LogP contribution in [-0.2, 0) is 14.8 Å². The quantitative estimate of drug-likeness (QED) is 0.601. The van der Waals surface area contributed by atoms with E-state index in [0.717, 1.165) is 11.3 Å². The summed E-state index contributed by atoms with van der Waals surface area (Å²) in [6.45, 7) is 3.66. The Kier molecular flexibility index (Phi) is 5.87. The van der Waals surface area contributed by atoms with Gasteiger partial charge < -0.3 is 5.32 Å². The van der Waals surface area contributed by atoms with E-state index in [1.54, 1.807) is 25.3 Å². The van der Waals surface area contributed by atoms with Crippen LogP contribution in [0.15, 0.2) is 64.9 Å². The topological polar surface area (TPSA) is 107 Å². The number of para-hydroxylation sites is 1. The SMILES string of the molecule is Cc1ccccc1-n1ccnc1SCC(=O)Nc1ccc(C)c(S(N)(=O)=O)c1. The number of carbonyl (C=O) groups excluding carboxylic acids is 1. The second-order valence-electron chi connectivity index (χ2n) is 6.23. The number of nitrogens with zero attached hydrogens (tertiary/aromatic N) is 2. The van der Waals surface area contributed by atoms with Crippen molar-refractivity contribution >= 4 is 33.4 Å². The number of carbonyl (C=O) groups is 1. The van der Waals surface area contributed by atoms with Crippen LogP contribution in [0.25, 0.3) is 5.69 Å². The molecule has 7 nitrogen and oxygen atoms in total. The van der Waals surface area contributed by atoms with Crippen molar-refractivity contribution in [3.05, 3.63) is 66.0 Å². The minimum absolute atomic E-state index is 0.00644. The molecule has 0 fully saturated rings. The number of anilines is 1. The summed E-state index contributed by atoms with van der Waals surface area (Å²) in [6.07, 6.45) is 3.53. The highest BCUT2D eigenvalue weighted by Gasteiger charge is 2.14. The Morgan fingerprint density at radius 1 is 1.18 bits per heavy atom. The number of primary sulfonamides is 1. The molecular formula is C19H20N4O3S2. The highest BCUT2D eigenvalue weighted by atomic mass is 32.2. The molecule has 0 aliphatic heterocycles. The molecule has 0 aliphatic rings. The van der Waals surface area contributed by atoms with E-state index >= 15 is 0 Å². The van der Waals surface area contributed by atoms with Crippen molar-refractivity contribution in [2.24, 2.45) is 5.14 Å². The van der Waals surface area contributed by atoms with Gasteiger partial charge in [0.05, 0.1) is 16.3 Å². The first-order valence-electron chi connectivity index (χ1n) is 8.41. The summed E-state index contributed by atoms with van der Waals surface area (Å²) in [6, 6.07) is 12.5. The fraction of sp³-hybridized carbons (Fsp3) is 0.158. The van der Waals surface area contributed by atoms with Gasteiger partial charge in [-0.2, -0.15) is 0 Å². The van der Waals surface area contributed by atoms with Crippen LogP contribution in [0.4, 0.5) is 5.69 Å². The van der Waals surface area contributed by atoms with Gasteiger partial charge in [-0.05, 0) is 43.2 Å². The third kappa shape index (κ3) is 4.61. The summed E-state index contributed by atoms with van der Waals surface area (Å²) in [5.41, 5.74) is 3.00. The molecule has 3 rings (SSSR count). The van der Waals surface area contributed by atoms with Crippen molar-refractivity contribution in [2.75, 3.05) is 11.1 Å². The number of aryl methyl sites for hydroxylation is 2. The van der Waals surface area contributed by atoms with E-state index in [1.807, 2.05) is 42.0 Å². The van der Waals surface area contributed by atoms with Crippen molar-refractivity contribution in [2.45, 2.75) is 23.9 Å². The van der Waals surface area contributed by atoms with E-state index in [-0.39, 0.29) is 16.6 Å². The highest BCUT2D eigenvalue weighted by Crippen LogP contribution is 2.23. The van der Waals surface area contributed by atoms with Crippen molar-refractivity contribution in [3.63, 3.8) is 0 Å². The number of aromatic nitrogens is 2. The highest BCUT2D eigenvalue weighted by molar-refractivity contribution is 7.99. The van der Waals surface area contributed by atoms with Crippen LogP contribution >= 0.6 is 11.8 Å². The molecule has 28 heavy (non-hydrogen) atoms. The molecule has 3 aromatic rings. The molecule has 0 saturated carbocycles. The van der Waals surface area contributed by atoms with E-state index in [2.05, 4.69) is 10.3 Å². The van der Waals surface area contributed by atoms with Gasteiger partial charge in [-0.3, -0.25) is 9.36 Å². The first-order chi connectivity index (χ1) is 13.3. The van der Waals surface area contributed by atoms with Gasteiger partial charge in [0, 0.05) is 18.1 Å². The van der Waals surface area contributed by atoms with E-state index < -0.39 is 10.0 Å². The maximum Gasteiger partial charge on any atom is 0.238 e. The van der Waals surface area contributed by atoms with Crippen LogP contribution in [-0.4, -0.2) is 29.6 Å². The Morgan fingerprint density at radius 3 is 2.64 bits per heavy atom. The smallest absolute Gasteiger partial charge is 0.238 e. The van der Waals surface area contributed by atoms with Gasteiger partial charge in [0.25, 0.3) is 0 Å². The van der Waals surface area contributed by atoms with E-state index in [1.165, 1.54) is 17.8 Å². The predicted molar refractivity (Wildman–Crippen MR) is 110 cm³/mol. The van der Waals surface area contributed by atoms with Crippen LogP contribution in [0.2, 0.25) is 0 Å². The molecule has 9 heteroatoms. The van der Waals surface area contributed by atoms with Gasteiger partial charge in [0.15, 0.2) is 5.16 Å². The Balaban J connectivity index is 1.70. The van der Waals surface area contributed by atoms with Crippen LogP contribution in [0.5, 0.6) is 0 Å². The first kappa shape index (κ1) is 20.1. The Hall–Kier alpha value is -2.62. The lowest BCUT2D eigenvalue weighted by atomic mass is 10.2.